The van der Waals surface area contributed by atoms with E-state index in [2.05, 4.69) is 10.2 Å². The zero-order chi connectivity index (χ0) is 20.8. The number of nitrogens with zero attached hydrogens (tertiary/aromatic N) is 4. The lowest BCUT2D eigenvalue weighted by molar-refractivity contribution is -0.137. The summed E-state index contributed by atoms with van der Waals surface area (Å²) in [4.78, 5) is 14.8. The molecule has 2 aromatic heterocycles. The van der Waals surface area contributed by atoms with E-state index in [1.807, 2.05) is 32.0 Å². The zero-order valence-electron chi connectivity index (χ0n) is 16.2. The number of alkyl halides is 3. The Bertz CT molecular complexity index is 1070. The third-order valence-corrected chi connectivity index (χ3v) is 5.44. The highest BCUT2D eigenvalue weighted by Gasteiger charge is 2.33. The third kappa shape index (κ3) is 3.71. The number of carbonyl (C=O) groups excluding carboxylic acids is 1. The first-order valence-electron chi connectivity index (χ1n) is 9.52. The molecule has 0 bridgehead atoms. The number of hydrogen-bond donors (Lipinski definition) is 0. The van der Waals surface area contributed by atoms with Crippen molar-refractivity contribution in [3.05, 3.63) is 64.6 Å². The molecule has 4 rings (SSSR count). The van der Waals surface area contributed by atoms with Crippen LogP contribution >= 0.6 is 0 Å². The van der Waals surface area contributed by atoms with E-state index in [0.29, 0.717) is 30.1 Å². The molecule has 5 nitrogen and oxygen atoms in total. The van der Waals surface area contributed by atoms with Crippen LogP contribution < -0.4 is 0 Å². The number of piperidine rings is 1. The van der Waals surface area contributed by atoms with Gasteiger partial charge in [-0.3, -0.25) is 9.20 Å². The van der Waals surface area contributed by atoms with Crippen LogP contribution in [0.2, 0.25) is 0 Å². The summed E-state index contributed by atoms with van der Waals surface area (Å²) >= 11 is 0. The van der Waals surface area contributed by atoms with E-state index in [4.69, 9.17) is 0 Å². The normalized spacial score (nSPS) is 17.7. The summed E-state index contributed by atoms with van der Waals surface area (Å²) < 4.78 is 40.7. The molecule has 3 heterocycles. The second kappa shape index (κ2) is 7.17. The first-order valence-corrected chi connectivity index (χ1v) is 9.52. The Balaban J connectivity index is 1.62. The maximum atomic E-state index is 13.1. The summed E-state index contributed by atoms with van der Waals surface area (Å²) in [6.45, 7) is 4.91. The first-order chi connectivity index (χ1) is 13.7. The number of fused-ring (bicyclic) bond motifs is 1. The Labute approximate surface area is 166 Å². The fourth-order valence-corrected chi connectivity index (χ4v) is 3.95. The highest BCUT2D eigenvalue weighted by Crippen LogP contribution is 2.31. The standard InChI is InChI=1S/C21H21F3N4O/c1-13-5-7-17(14(2)10-13)20(29)27-9-3-4-15(11-27)19-26-25-18-8-6-16(12-28(18)19)21(22,23)24/h5-8,10,12,15H,3-4,9,11H2,1-2H3. The second-order valence-corrected chi connectivity index (χ2v) is 7.61. The van der Waals surface area contributed by atoms with Crippen LogP contribution in [0.15, 0.2) is 36.5 Å². The molecule has 152 valence electrons. The largest absolute Gasteiger partial charge is 0.417 e. The molecule has 1 unspecified atom stereocenters. The van der Waals surface area contributed by atoms with Crippen LogP contribution in [0.3, 0.4) is 0 Å². The van der Waals surface area contributed by atoms with Crippen molar-refractivity contribution in [3.63, 3.8) is 0 Å². The van der Waals surface area contributed by atoms with Gasteiger partial charge in [0.05, 0.1) is 5.56 Å². The summed E-state index contributed by atoms with van der Waals surface area (Å²) in [5.41, 5.74) is 2.28. The van der Waals surface area contributed by atoms with Crippen molar-refractivity contribution in [1.29, 1.82) is 0 Å². The van der Waals surface area contributed by atoms with Gasteiger partial charge in [0.25, 0.3) is 5.91 Å². The average Bonchev–Trinajstić information content (AvgIpc) is 3.10. The minimum absolute atomic E-state index is 0.0583. The number of pyridine rings is 1. The fourth-order valence-electron chi connectivity index (χ4n) is 3.95. The van der Waals surface area contributed by atoms with Gasteiger partial charge in [-0.2, -0.15) is 13.2 Å². The number of rotatable bonds is 2. The molecule has 3 aromatic rings. The monoisotopic (exact) mass is 402 g/mol. The Morgan fingerprint density at radius 2 is 1.93 bits per heavy atom. The van der Waals surface area contributed by atoms with Gasteiger partial charge in [0.15, 0.2) is 5.65 Å². The molecule has 29 heavy (non-hydrogen) atoms. The van der Waals surface area contributed by atoms with Gasteiger partial charge in [-0.15, -0.1) is 10.2 Å². The predicted molar refractivity (Wildman–Crippen MR) is 102 cm³/mol. The Morgan fingerprint density at radius 1 is 1.14 bits per heavy atom. The number of hydrogen-bond acceptors (Lipinski definition) is 3. The molecular formula is C21H21F3N4O. The zero-order valence-corrected chi connectivity index (χ0v) is 16.2. The SMILES string of the molecule is Cc1ccc(C(=O)N2CCCC(c3nnc4ccc(C(F)(F)F)cn34)C2)c(C)c1. The van der Waals surface area contributed by atoms with Crippen LogP contribution in [-0.4, -0.2) is 38.5 Å². The van der Waals surface area contributed by atoms with Gasteiger partial charge in [-0.1, -0.05) is 17.7 Å². The molecule has 1 amide bonds. The second-order valence-electron chi connectivity index (χ2n) is 7.61. The van der Waals surface area contributed by atoms with Crippen LogP contribution in [0, 0.1) is 13.8 Å². The molecule has 1 saturated heterocycles. The number of halogens is 3. The number of benzene rings is 1. The number of carbonyl (C=O) groups is 1. The van der Waals surface area contributed by atoms with Crippen LogP contribution in [0.5, 0.6) is 0 Å². The van der Waals surface area contributed by atoms with Crippen molar-refractivity contribution in [2.75, 3.05) is 13.1 Å². The molecule has 8 heteroatoms. The van der Waals surface area contributed by atoms with E-state index in [1.165, 1.54) is 10.5 Å². The van der Waals surface area contributed by atoms with E-state index in [0.717, 1.165) is 36.2 Å². The minimum atomic E-state index is -4.44. The van der Waals surface area contributed by atoms with E-state index in [1.54, 1.807) is 4.90 Å². The van der Waals surface area contributed by atoms with Gasteiger partial charge in [0.1, 0.15) is 5.82 Å². The molecule has 0 radical (unpaired) electrons. The topological polar surface area (TPSA) is 50.5 Å². The lowest BCUT2D eigenvalue weighted by atomic mass is 9.95. The Morgan fingerprint density at radius 3 is 2.66 bits per heavy atom. The van der Waals surface area contributed by atoms with Gasteiger partial charge in [0.2, 0.25) is 0 Å². The lowest BCUT2D eigenvalue weighted by Crippen LogP contribution is -2.39. The molecule has 1 aromatic carbocycles. The molecular weight excluding hydrogens is 381 g/mol. The van der Waals surface area contributed by atoms with Gasteiger partial charge in [0, 0.05) is 30.8 Å². The third-order valence-electron chi connectivity index (χ3n) is 5.44. The fraction of sp³-hybridized carbons (Fsp3) is 0.381. The van der Waals surface area contributed by atoms with Crippen molar-refractivity contribution in [1.82, 2.24) is 19.5 Å². The molecule has 1 fully saturated rings. The van der Waals surface area contributed by atoms with Gasteiger partial charge in [-0.05, 0) is 50.5 Å². The molecule has 0 aliphatic carbocycles. The highest BCUT2D eigenvalue weighted by molar-refractivity contribution is 5.95. The molecule has 0 N–H and O–H groups in total. The number of amides is 1. The van der Waals surface area contributed by atoms with Gasteiger partial charge in [-0.25, -0.2) is 0 Å². The van der Waals surface area contributed by atoms with Crippen molar-refractivity contribution < 1.29 is 18.0 Å². The van der Waals surface area contributed by atoms with Crippen molar-refractivity contribution in [2.45, 2.75) is 38.8 Å². The smallest absolute Gasteiger partial charge is 0.338 e. The number of aromatic nitrogens is 3. The predicted octanol–water partition coefficient (Wildman–Crippen LogP) is 4.38. The highest BCUT2D eigenvalue weighted by atomic mass is 19.4. The van der Waals surface area contributed by atoms with E-state index in [-0.39, 0.29) is 11.8 Å². The van der Waals surface area contributed by atoms with E-state index < -0.39 is 11.7 Å². The van der Waals surface area contributed by atoms with E-state index >= 15 is 0 Å². The van der Waals surface area contributed by atoms with Crippen LogP contribution in [-0.2, 0) is 6.18 Å². The Kier molecular flexibility index (Phi) is 4.80. The summed E-state index contributed by atoms with van der Waals surface area (Å²) in [6, 6.07) is 8.04. The summed E-state index contributed by atoms with van der Waals surface area (Å²) in [6.07, 6.45) is -1.90. The minimum Gasteiger partial charge on any atom is -0.338 e. The summed E-state index contributed by atoms with van der Waals surface area (Å²) in [7, 11) is 0. The quantitative estimate of drug-likeness (QED) is 0.639. The maximum Gasteiger partial charge on any atom is 0.417 e. The molecule has 0 spiro atoms. The molecule has 0 saturated carbocycles. The first kappa shape index (κ1) is 19.4. The lowest BCUT2D eigenvalue weighted by Gasteiger charge is -2.32. The number of likely N-dealkylation sites (tertiary alicyclic amines) is 1. The molecule has 1 aliphatic rings. The van der Waals surface area contributed by atoms with Crippen LogP contribution in [0.1, 0.15) is 51.6 Å². The van der Waals surface area contributed by atoms with Crippen molar-refractivity contribution in [2.24, 2.45) is 0 Å². The average molecular weight is 402 g/mol. The number of aryl methyl sites for hydroxylation is 2. The van der Waals surface area contributed by atoms with Gasteiger partial charge < -0.3 is 4.90 Å². The molecule has 1 atom stereocenters. The van der Waals surface area contributed by atoms with Crippen LogP contribution in [0.4, 0.5) is 13.2 Å². The van der Waals surface area contributed by atoms with E-state index in [9.17, 15) is 18.0 Å². The maximum absolute atomic E-state index is 13.1. The van der Waals surface area contributed by atoms with Crippen molar-refractivity contribution >= 4 is 11.6 Å². The summed E-state index contributed by atoms with van der Waals surface area (Å²) in [5.74, 6) is 0.234. The van der Waals surface area contributed by atoms with Crippen LogP contribution in [0.25, 0.3) is 5.65 Å². The molecule has 1 aliphatic heterocycles. The van der Waals surface area contributed by atoms with Gasteiger partial charge >= 0.3 is 6.18 Å². The Hall–Kier alpha value is -2.90. The van der Waals surface area contributed by atoms with Crippen molar-refractivity contribution in [3.8, 4) is 0 Å². The summed E-state index contributed by atoms with van der Waals surface area (Å²) in [5, 5.41) is 8.16.